The van der Waals surface area contributed by atoms with Gasteiger partial charge >= 0.3 is 7.12 Å². The van der Waals surface area contributed by atoms with Crippen LogP contribution in [0.25, 0.3) is 11.1 Å². The third kappa shape index (κ3) is 13.2. The lowest BCUT2D eigenvalue weighted by molar-refractivity contribution is -0.199. The molecule has 0 spiro atoms. The van der Waals surface area contributed by atoms with Gasteiger partial charge in [0, 0.05) is 18.5 Å². The second-order valence-corrected chi connectivity index (χ2v) is 20.1. The monoisotopic (exact) mass is 930 g/mol. The van der Waals surface area contributed by atoms with E-state index in [0.717, 1.165) is 43.2 Å². The number of aliphatic hydroxyl groups is 1. The number of aliphatic hydroxyl groups excluding tert-OH is 1. The number of amides is 6. The van der Waals surface area contributed by atoms with Crippen molar-refractivity contribution in [2.75, 3.05) is 13.1 Å². The third-order valence-electron chi connectivity index (χ3n) is 14.3. The van der Waals surface area contributed by atoms with Crippen LogP contribution in [0, 0.1) is 23.2 Å². The van der Waals surface area contributed by atoms with Crippen LogP contribution in [-0.2, 0) is 39.7 Å². The minimum atomic E-state index is -1.49. The molecular weight excluding hydrogens is 853 g/mol. The van der Waals surface area contributed by atoms with Crippen molar-refractivity contribution in [2.24, 2.45) is 28.9 Å². The fourth-order valence-corrected chi connectivity index (χ4v) is 9.82. The van der Waals surface area contributed by atoms with Crippen molar-refractivity contribution in [3.05, 3.63) is 59.7 Å². The zero-order chi connectivity index (χ0) is 49.2. The van der Waals surface area contributed by atoms with Crippen molar-refractivity contribution in [2.45, 2.75) is 168 Å². The summed E-state index contributed by atoms with van der Waals surface area (Å²) in [7, 11) is -0.649. The molecule has 2 unspecified atom stereocenters. The predicted molar refractivity (Wildman–Crippen MR) is 258 cm³/mol. The molecule has 2 aromatic rings. The van der Waals surface area contributed by atoms with E-state index in [4.69, 9.17) is 15.0 Å². The van der Waals surface area contributed by atoms with Crippen molar-refractivity contribution >= 4 is 42.6 Å². The van der Waals surface area contributed by atoms with Gasteiger partial charge in [0.25, 0.3) is 5.91 Å². The number of hydrogen-bond donors (Lipinski definition) is 8. The van der Waals surface area contributed by atoms with Crippen molar-refractivity contribution < 1.29 is 43.2 Å². The Labute approximate surface area is 397 Å². The molecule has 3 aliphatic carbocycles. The molecule has 2 bridgehead atoms. The van der Waals surface area contributed by atoms with Gasteiger partial charge in [0.15, 0.2) is 0 Å². The second-order valence-electron chi connectivity index (χ2n) is 20.1. The molecule has 67 heavy (non-hydrogen) atoms. The highest BCUT2D eigenvalue weighted by Gasteiger charge is 2.68. The molecule has 2 aromatic carbocycles. The number of hydrogen-bond acceptors (Lipinski definition) is 10. The summed E-state index contributed by atoms with van der Waals surface area (Å²) in [6.07, 6.45) is 5.00. The number of nitrogens with two attached hydrogens (primary N) is 1. The minimum absolute atomic E-state index is 0.00237. The number of rotatable bonds is 24. The first kappa shape index (κ1) is 53.1. The molecule has 6 rings (SSSR count). The van der Waals surface area contributed by atoms with E-state index in [2.05, 4.69) is 83.9 Å². The molecule has 4 aliphatic rings. The van der Waals surface area contributed by atoms with Crippen LogP contribution in [0.15, 0.2) is 48.5 Å². The average molecular weight is 930 g/mol. The SMILES string of the molecule is CCCCc1ccc(-c2ccc(C(=O)NCCC(=O)N[C@@H](CCCCN)C(=O)N[C@H](C(=O)N[C@@H](C)C(=O)N[C@H](C(=O)N[C@@H](C)B3OC4C[C@@H]5C[C@@H](C5(C)C)[C@]4(C)O3)C(C)C)C(C)O)cc2)cc1. The number of carbonyl (C=O) groups is 6. The standard InChI is InChI=1S/C50H76BN7O9/c1-10-11-14-33-16-18-34(19-17-33)35-20-22-36(23-21-35)45(62)53-26-24-41(60)56-38(15-12-13-25-52)46(63)58-43(31(5)59)48(65)54-30(4)44(61)57-42(29(2)3)47(64)55-32(6)51-66-40-28-37-27-39(49(37,7)8)50(40,9)67-51/h16-23,29-32,37-40,42-43,59H,10-15,24-28,52H2,1-9H3,(H,53,62)(H,54,65)(H,55,64)(H,56,60)(H,57,61)(H,58,63)/t30-,31?,32-,37-,38-,39-,40?,42-,43-,50-/m0/s1. The smallest absolute Gasteiger partial charge is 0.404 e. The second kappa shape index (κ2) is 23.5. The van der Waals surface area contributed by atoms with Gasteiger partial charge in [-0.3, -0.25) is 28.8 Å². The van der Waals surface area contributed by atoms with Gasteiger partial charge in [-0.25, -0.2) is 0 Å². The summed E-state index contributed by atoms with van der Waals surface area (Å²) < 4.78 is 12.9. The highest BCUT2D eigenvalue weighted by Crippen LogP contribution is 2.65. The zero-order valence-corrected chi connectivity index (χ0v) is 41.0. The Morgan fingerprint density at radius 3 is 2.00 bits per heavy atom. The van der Waals surface area contributed by atoms with Crippen LogP contribution in [0.4, 0.5) is 0 Å². The minimum Gasteiger partial charge on any atom is -0.404 e. The first-order chi connectivity index (χ1) is 31.7. The van der Waals surface area contributed by atoms with Gasteiger partial charge in [-0.1, -0.05) is 77.4 Å². The van der Waals surface area contributed by atoms with Gasteiger partial charge in [-0.2, -0.15) is 0 Å². The molecule has 4 fully saturated rings. The van der Waals surface area contributed by atoms with Crippen molar-refractivity contribution in [3.63, 3.8) is 0 Å². The Morgan fingerprint density at radius 1 is 0.776 bits per heavy atom. The molecule has 16 nitrogen and oxygen atoms in total. The van der Waals surface area contributed by atoms with E-state index < -0.39 is 78.5 Å². The Morgan fingerprint density at radius 2 is 1.40 bits per heavy atom. The van der Waals surface area contributed by atoms with Crippen LogP contribution in [0.2, 0.25) is 0 Å². The maximum absolute atomic E-state index is 13.6. The quantitative estimate of drug-likeness (QED) is 0.0561. The highest BCUT2D eigenvalue weighted by atomic mass is 16.7. The van der Waals surface area contributed by atoms with Gasteiger partial charge in [0.2, 0.25) is 29.5 Å². The summed E-state index contributed by atoms with van der Waals surface area (Å²) in [6, 6.07) is 10.9. The van der Waals surface area contributed by atoms with Gasteiger partial charge in [0.1, 0.15) is 24.2 Å². The fourth-order valence-electron chi connectivity index (χ4n) is 9.82. The highest BCUT2D eigenvalue weighted by molar-refractivity contribution is 6.47. The Hall–Kier alpha value is -4.84. The van der Waals surface area contributed by atoms with E-state index in [9.17, 15) is 33.9 Å². The van der Waals surface area contributed by atoms with Gasteiger partial charge < -0.3 is 52.0 Å². The Bertz CT molecular complexity index is 2030. The van der Waals surface area contributed by atoms with Crippen molar-refractivity contribution in [1.82, 2.24) is 31.9 Å². The number of aryl methyl sites for hydroxylation is 1. The van der Waals surface area contributed by atoms with E-state index in [0.29, 0.717) is 36.8 Å². The van der Waals surface area contributed by atoms with Crippen LogP contribution in [0.1, 0.15) is 130 Å². The normalized spacial score (nSPS) is 23.0. The summed E-state index contributed by atoms with van der Waals surface area (Å²) in [5.74, 6) is -3.42. The van der Waals surface area contributed by atoms with Crippen LogP contribution < -0.4 is 37.6 Å². The lowest BCUT2D eigenvalue weighted by Crippen LogP contribution is -2.65. The van der Waals surface area contributed by atoms with Crippen LogP contribution >= 0.6 is 0 Å². The largest absolute Gasteiger partial charge is 0.481 e. The molecule has 10 atom stereocenters. The summed E-state index contributed by atoms with van der Waals surface area (Å²) in [6.45, 7) is 17.3. The van der Waals surface area contributed by atoms with Crippen molar-refractivity contribution in [3.8, 4) is 11.1 Å². The molecule has 9 N–H and O–H groups in total. The Balaban J connectivity index is 1.09. The number of nitrogens with one attached hydrogen (secondary N) is 6. The van der Waals surface area contributed by atoms with Crippen LogP contribution in [-0.4, -0.2) is 109 Å². The zero-order valence-electron chi connectivity index (χ0n) is 41.0. The third-order valence-corrected chi connectivity index (χ3v) is 14.3. The van der Waals surface area contributed by atoms with E-state index in [1.165, 1.54) is 19.4 Å². The molecule has 1 aliphatic heterocycles. The topological polar surface area (TPSA) is 239 Å². The van der Waals surface area contributed by atoms with E-state index in [-0.39, 0.29) is 42.7 Å². The van der Waals surface area contributed by atoms with Crippen LogP contribution in [0.5, 0.6) is 0 Å². The Kier molecular flexibility index (Phi) is 18.6. The number of benzene rings is 2. The molecule has 1 saturated heterocycles. The van der Waals surface area contributed by atoms with Crippen LogP contribution in [0.3, 0.4) is 0 Å². The van der Waals surface area contributed by atoms with E-state index in [1.807, 2.05) is 19.1 Å². The molecule has 6 amide bonds. The lowest BCUT2D eigenvalue weighted by Gasteiger charge is -2.64. The summed E-state index contributed by atoms with van der Waals surface area (Å²) in [4.78, 5) is 80.3. The molecule has 17 heteroatoms. The first-order valence-corrected chi connectivity index (χ1v) is 24.4. The van der Waals surface area contributed by atoms with Crippen molar-refractivity contribution in [1.29, 1.82) is 0 Å². The van der Waals surface area contributed by atoms with Gasteiger partial charge in [-0.05, 0) is 131 Å². The number of unbranched alkanes of at least 4 members (excludes halogenated alkanes) is 2. The maximum Gasteiger partial charge on any atom is 0.481 e. The van der Waals surface area contributed by atoms with Gasteiger partial charge in [0.05, 0.1) is 23.8 Å². The summed E-state index contributed by atoms with van der Waals surface area (Å²) >= 11 is 0. The molecule has 368 valence electrons. The maximum atomic E-state index is 13.6. The summed E-state index contributed by atoms with van der Waals surface area (Å²) in [5, 5.41) is 26.9. The summed E-state index contributed by atoms with van der Waals surface area (Å²) in [5.41, 5.74) is 9.17. The average Bonchev–Trinajstić information content (AvgIpc) is 3.66. The molecule has 1 heterocycles. The van der Waals surface area contributed by atoms with E-state index in [1.54, 1.807) is 26.0 Å². The molecule has 0 radical (unpaired) electrons. The first-order valence-electron chi connectivity index (χ1n) is 24.4. The fraction of sp³-hybridized carbons (Fsp3) is 0.640. The predicted octanol–water partition coefficient (Wildman–Crippen LogP) is 3.71. The molecular formula is C50H76BN7O9. The van der Waals surface area contributed by atoms with E-state index >= 15 is 0 Å². The molecule has 3 saturated carbocycles. The number of carbonyl (C=O) groups excluding carboxylic acids is 6. The molecule has 0 aromatic heterocycles. The van der Waals surface area contributed by atoms with Gasteiger partial charge in [-0.15, -0.1) is 0 Å². The lowest BCUT2D eigenvalue weighted by atomic mass is 9.43.